The number of rotatable bonds is 9. The molecule has 28 heavy (non-hydrogen) atoms. The summed E-state index contributed by atoms with van der Waals surface area (Å²) >= 11 is 0. The van der Waals surface area contributed by atoms with Crippen molar-refractivity contribution < 1.29 is 0 Å². The molecule has 2 aromatic rings. The van der Waals surface area contributed by atoms with E-state index in [0.29, 0.717) is 0 Å². The highest BCUT2D eigenvalue weighted by atomic mass is 14.9. The van der Waals surface area contributed by atoms with Gasteiger partial charge in [-0.25, -0.2) is 0 Å². The molecule has 0 saturated carbocycles. The molecule has 0 saturated heterocycles. The second-order valence-corrected chi connectivity index (χ2v) is 6.51. The van der Waals surface area contributed by atoms with Crippen LogP contribution in [0.5, 0.6) is 0 Å². The summed E-state index contributed by atoms with van der Waals surface area (Å²) in [5.41, 5.74) is 13.5. The molecule has 0 atom stereocenters. The second kappa shape index (κ2) is 12.4. The Morgan fingerprint density at radius 2 is 1.71 bits per heavy atom. The Hall–Kier alpha value is -2.94. The summed E-state index contributed by atoms with van der Waals surface area (Å²) in [4.78, 5) is 0. The summed E-state index contributed by atoms with van der Waals surface area (Å²) in [5.74, 6) is 0. The Balaban J connectivity index is 0.00000190. The molecule has 0 amide bonds. The average molecular weight is 378 g/mol. The minimum atomic E-state index is 0.754. The second-order valence-electron chi connectivity index (χ2n) is 6.51. The van der Waals surface area contributed by atoms with Gasteiger partial charge in [0.05, 0.1) is 0 Å². The zero-order valence-electron chi connectivity index (χ0n) is 17.8. The molecule has 0 aliphatic heterocycles. The van der Waals surface area contributed by atoms with E-state index in [0.717, 1.165) is 36.3 Å². The lowest BCUT2D eigenvalue weighted by Gasteiger charge is -2.13. The maximum absolute atomic E-state index is 5.31. The molecule has 2 aromatic carbocycles. The maximum atomic E-state index is 5.31. The van der Waals surface area contributed by atoms with Crippen molar-refractivity contribution in [1.82, 2.24) is 10.6 Å². The fourth-order valence-electron chi connectivity index (χ4n) is 2.79. The van der Waals surface area contributed by atoms with E-state index >= 15 is 0 Å². The van der Waals surface area contributed by atoms with Crippen LogP contribution in [0, 0.1) is 13.8 Å². The molecule has 2 rings (SSSR count). The molecule has 3 nitrogen and oxygen atoms in total. The Morgan fingerprint density at radius 1 is 1.04 bits per heavy atom. The summed E-state index contributed by atoms with van der Waals surface area (Å²) in [6.45, 7) is 18.2. The van der Waals surface area contributed by atoms with Gasteiger partial charge in [-0.2, -0.15) is 0 Å². The van der Waals surface area contributed by atoms with Gasteiger partial charge in [-0.1, -0.05) is 75.0 Å². The van der Waals surface area contributed by atoms with E-state index in [4.69, 9.17) is 5.73 Å². The Labute approximate surface area is 171 Å². The van der Waals surface area contributed by atoms with Crippen molar-refractivity contribution in [1.29, 1.82) is 0 Å². The first-order chi connectivity index (χ1) is 13.5. The molecule has 0 aliphatic carbocycles. The van der Waals surface area contributed by atoms with Gasteiger partial charge in [-0.15, -0.1) is 0 Å². The number of hydrogen-bond acceptors (Lipinski definition) is 3. The van der Waals surface area contributed by atoms with E-state index in [9.17, 15) is 0 Å². The van der Waals surface area contributed by atoms with Crippen molar-refractivity contribution >= 4 is 11.3 Å². The largest absolute Gasteiger partial charge is 0.403 e. The van der Waals surface area contributed by atoms with Crippen molar-refractivity contribution in [3.05, 3.63) is 95.8 Å². The molecular formula is C25H35N3. The number of hydrogen-bond donors (Lipinski definition) is 3. The van der Waals surface area contributed by atoms with Gasteiger partial charge in [0.15, 0.2) is 0 Å². The highest BCUT2D eigenvalue weighted by Crippen LogP contribution is 2.21. The number of benzene rings is 2. The minimum absolute atomic E-state index is 0.754. The zero-order valence-corrected chi connectivity index (χ0v) is 17.8. The Morgan fingerprint density at radius 3 is 2.36 bits per heavy atom. The van der Waals surface area contributed by atoms with Crippen LogP contribution in [0.1, 0.15) is 48.1 Å². The van der Waals surface area contributed by atoms with E-state index in [1.54, 1.807) is 6.20 Å². The summed E-state index contributed by atoms with van der Waals surface area (Å²) in [7, 11) is 0. The molecule has 0 fully saturated rings. The third-order valence-electron chi connectivity index (χ3n) is 4.36. The minimum Gasteiger partial charge on any atom is -0.403 e. The predicted octanol–water partition coefficient (Wildman–Crippen LogP) is 5.51. The quantitative estimate of drug-likeness (QED) is 0.540. The fourth-order valence-corrected chi connectivity index (χ4v) is 2.79. The summed E-state index contributed by atoms with van der Waals surface area (Å²) in [6, 6.07) is 14.8. The van der Waals surface area contributed by atoms with Gasteiger partial charge >= 0.3 is 0 Å². The lowest BCUT2D eigenvalue weighted by molar-refractivity contribution is 0.865. The molecular weight excluding hydrogens is 342 g/mol. The molecule has 3 heteroatoms. The highest BCUT2D eigenvalue weighted by Gasteiger charge is 2.04. The van der Waals surface area contributed by atoms with Gasteiger partial charge in [-0.3, -0.25) is 0 Å². The number of aryl methyl sites for hydroxylation is 2. The van der Waals surface area contributed by atoms with Crippen molar-refractivity contribution in [2.45, 2.75) is 40.7 Å². The Kier molecular flexibility index (Phi) is 10.3. The first-order valence-electron chi connectivity index (χ1n) is 9.89. The van der Waals surface area contributed by atoms with Gasteiger partial charge < -0.3 is 16.4 Å². The van der Waals surface area contributed by atoms with Crippen molar-refractivity contribution in [3.8, 4) is 0 Å². The van der Waals surface area contributed by atoms with Crippen LogP contribution < -0.4 is 16.4 Å². The van der Waals surface area contributed by atoms with Crippen LogP contribution in [0.2, 0.25) is 0 Å². The molecule has 0 unspecified atom stereocenters. The Bertz CT molecular complexity index is 786. The van der Waals surface area contributed by atoms with Crippen LogP contribution in [-0.4, -0.2) is 6.54 Å². The average Bonchev–Trinajstić information content (AvgIpc) is 2.72. The standard InChI is InChI=1S/C23H29N3.C2H6/c1-17-5-6-18(2)23(15-17)19(3)11-13-26-20(4)22-9-7-21(8-10-22)16-25-14-12-24;1-2/h5-10,12,14-15,25-26H,3-4,11,13,16,24H2,1-2H3;1-2H3/b14-12-;. The van der Waals surface area contributed by atoms with Crippen molar-refractivity contribution in [2.24, 2.45) is 5.73 Å². The molecule has 4 N–H and O–H groups in total. The molecule has 0 radical (unpaired) electrons. The summed E-state index contributed by atoms with van der Waals surface area (Å²) in [5, 5.41) is 6.52. The van der Waals surface area contributed by atoms with Crippen LogP contribution >= 0.6 is 0 Å². The third kappa shape index (κ3) is 7.36. The number of nitrogens with one attached hydrogen (secondary N) is 2. The van der Waals surface area contributed by atoms with E-state index in [-0.39, 0.29) is 0 Å². The molecule has 0 aromatic heterocycles. The topological polar surface area (TPSA) is 50.1 Å². The van der Waals surface area contributed by atoms with Crippen LogP contribution in [0.3, 0.4) is 0 Å². The first kappa shape index (κ1) is 23.1. The van der Waals surface area contributed by atoms with Crippen LogP contribution in [0.15, 0.2) is 68.0 Å². The van der Waals surface area contributed by atoms with E-state index in [1.165, 1.54) is 28.5 Å². The first-order valence-corrected chi connectivity index (χ1v) is 9.89. The van der Waals surface area contributed by atoms with Crippen molar-refractivity contribution in [3.63, 3.8) is 0 Å². The van der Waals surface area contributed by atoms with E-state index in [1.807, 2.05) is 13.8 Å². The SMILES string of the molecule is C=C(NCCC(=C)c1cc(C)ccc1C)c1ccc(CN/C=C\N)cc1.CC. The lowest BCUT2D eigenvalue weighted by Crippen LogP contribution is -2.13. The van der Waals surface area contributed by atoms with E-state index in [2.05, 4.69) is 80.1 Å². The fraction of sp³-hybridized carbons (Fsp3) is 0.280. The van der Waals surface area contributed by atoms with E-state index < -0.39 is 0 Å². The zero-order chi connectivity index (χ0) is 20.9. The molecule has 150 valence electrons. The smallest absolute Gasteiger partial charge is 0.0395 e. The lowest BCUT2D eigenvalue weighted by atomic mass is 9.97. The maximum Gasteiger partial charge on any atom is 0.0395 e. The van der Waals surface area contributed by atoms with Crippen LogP contribution in [0.4, 0.5) is 0 Å². The monoisotopic (exact) mass is 377 g/mol. The third-order valence-corrected chi connectivity index (χ3v) is 4.36. The normalized spacial score (nSPS) is 10.1. The van der Waals surface area contributed by atoms with Gasteiger partial charge in [0.25, 0.3) is 0 Å². The van der Waals surface area contributed by atoms with Crippen molar-refractivity contribution in [2.75, 3.05) is 6.54 Å². The van der Waals surface area contributed by atoms with Gasteiger partial charge in [-0.05, 0) is 48.1 Å². The molecule has 0 heterocycles. The van der Waals surface area contributed by atoms with Crippen LogP contribution in [-0.2, 0) is 6.54 Å². The number of nitrogens with two attached hydrogens (primary N) is 1. The molecule has 0 aliphatic rings. The predicted molar refractivity (Wildman–Crippen MR) is 125 cm³/mol. The van der Waals surface area contributed by atoms with Gasteiger partial charge in [0.1, 0.15) is 0 Å². The summed E-state index contributed by atoms with van der Waals surface area (Å²) in [6.07, 6.45) is 4.11. The molecule has 0 bridgehead atoms. The highest BCUT2D eigenvalue weighted by molar-refractivity contribution is 5.67. The summed E-state index contributed by atoms with van der Waals surface area (Å²) < 4.78 is 0. The van der Waals surface area contributed by atoms with Gasteiger partial charge in [0.2, 0.25) is 0 Å². The van der Waals surface area contributed by atoms with Crippen LogP contribution in [0.25, 0.3) is 11.3 Å². The molecule has 0 spiro atoms. The van der Waals surface area contributed by atoms with Gasteiger partial charge in [0, 0.05) is 31.2 Å².